The van der Waals surface area contributed by atoms with Gasteiger partial charge in [-0.15, -0.1) is 0 Å². The molecule has 0 aromatic carbocycles. The van der Waals surface area contributed by atoms with E-state index < -0.39 is 0 Å². The van der Waals surface area contributed by atoms with Crippen molar-refractivity contribution in [3.63, 3.8) is 0 Å². The van der Waals surface area contributed by atoms with E-state index in [1.165, 1.54) is 12.8 Å². The Morgan fingerprint density at radius 3 is 2.38 bits per heavy atom. The van der Waals surface area contributed by atoms with Gasteiger partial charge >= 0.3 is 0 Å². The van der Waals surface area contributed by atoms with Crippen molar-refractivity contribution in [3.05, 3.63) is 0 Å². The van der Waals surface area contributed by atoms with Crippen LogP contribution in [0.1, 0.15) is 59.8 Å². The van der Waals surface area contributed by atoms with Gasteiger partial charge in [-0.3, -0.25) is 4.79 Å². The van der Waals surface area contributed by atoms with Gasteiger partial charge in [0.05, 0.1) is 5.54 Å². The summed E-state index contributed by atoms with van der Waals surface area (Å²) >= 11 is 0. The van der Waals surface area contributed by atoms with Gasteiger partial charge in [0.2, 0.25) is 5.91 Å². The second-order valence-electron chi connectivity index (χ2n) is 5.14. The van der Waals surface area contributed by atoms with Crippen LogP contribution < -0.4 is 11.1 Å². The van der Waals surface area contributed by atoms with Crippen molar-refractivity contribution in [1.29, 1.82) is 0 Å². The number of amides is 1. The molecule has 0 heterocycles. The number of rotatable bonds is 8. The molecule has 3 heteroatoms. The molecule has 1 atom stereocenters. The molecular formula is C13H28N2O. The molecule has 1 unspecified atom stereocenters. The Labute approximate surface area is 100 Å². The summed E-state index contributed by atoms with van der Waals surface area (Å²) in [5, 5.41) is 3.06. The highest BCUT2D eigenvalue weighted by molar-refractivity contribution is 5.76. The molecule has 0 aliphatic rings. The molecule has 0 radical (unpaired) electrons. The highest BCUT2D eigenvalue weighted by Gasteiger charge is 2.27. The van der Waals surface area contributed by atoms with Crippen molar-refractivity contribution in [2.75, 3.05) is 6.54 Å². The average molecular weight is 228 g/mol. The summed E-state index contributed by atoms with van der Waals surface area (Å²) in [5.41, 5.74) is 5.46. The van der Waals surface area contributed by atoms with E-state index in [0.717, 1.165) is 12.8 Å². The van der Waals surface area contributed by atoms with E-state index in [-0.39, 0.29) is 11.4 Å². The first-order valence-electron chi connectivity index (χ1n) is 6.47. The van der Waals surface area contributed by atoms with Gasteiger partial charge in [0.1, 0.15) is 0 Å². The van der Waals surface area contributed by atoms with Crippen LogP contribution in [0.15, 0.2) is 0 Å². The fourth-order valence-corrected chi connectivity index (χ4v) is 1.52. The Hall–Kier alpha value is -0.570. The third kappa shape index (κ3) is 5.50. The van der Waals surface area contributed by atoms with Crippen molar-refractivity contribution >= 4 is 5.91 Å². The normalized spacial score (nSPS) is 14.9. The molecule has 1 amide bonds. The van der Waals surface area contributed by atoms with E-state index in [2.05, 4.69) is 26.1 Å². The van der Waals surface area contributed by atoms with Crippen molar-refractivity contribution in [1.82, 2.24) is 5.32 Å². The molecule has 3 N–H and O–H groups in total. The molecular weight excluding hydrogens is 200 g/mol. The molecule has 96 valence electrons. The maximum absolute atomic E-state index is 11.7. The van der Waals surface area contributed by atoms with Crippen molar-refractivity contribution in [3.8, 4) is 0 Å². The molecule has 0 aliphatic heterocycles. The summed E-state index contributed by atoms with van der Waals surface area (Å²) in [6.07, 6.45) is 5.17. The lowest BCUT2D eigenvalue weighted by Crippen LogP contribution is -2.54. The summed E-state index contributed by atoms with van der Waals surface area (Å²) in [6.45, 7) is 8.85. The molecule has 16 heavy (non-hydrogen) atoms. The van der Waals surface area contributed by atoms with E-state index in [0.29, 0.717) is 18.9 Å². The van der Waals surface area contributed by atoms with Gasteiger partial charge in [-0.2, -0.15) is 0 Å². The maximum Gasteiger partial charge on any atom is 0.220 e. The molecule has 0 aliphatic carbocycles. The third-order valence-corrected chi connectivity index (χ3v) is 3.38. The molecule has 0 saturated carbocycles. The second-order valence-corrected chi connectivity index (χ2v) is 5.14. The predicted molar refractivity (Wildman–Crippen MR) is 69.2 cm³/mol. The average Bonchev–Trinajstić information content (AvgIpc) is 2.24. The van der Waals surface area contributed by atoms with Gasteiger partial charge in [0.25, 0.3) is 0 Å². The lowest BCUT2D eigenvalue weighted by Gasteiger charge is -2.33. The van der Waals surface area contributed by atoms with Gasteiger partial charge in [-0.25, -0.2) is 0 Å². The molecule has 0 bridgehead atoms. The van der Waals surface area contributed by atoms with E-state index >= 15 is 0 Å². The summed E-state index contributed by atoms with van der Waals surface area (Å²) in [7, 11) is 0. The minimum atomic E-state index is -0.262. The first-order chi connectivity index (χ1) is 7.46. The fourth-order valence-electron chi connectivity index (χ4n) is 1.52. The van der Waals surface area contributed by atoms with E-state index in [4.69, 9.17) is 5.73 Å². The number of unbranched alkanes of at least 4 members (excludes halogenated alkanes) is 3. The monoisotopic (exact) mass is 228 g/mol. The van der Waals surface area contributed by atoms with Crippen molar-refractivity contribution in [2.45, 2.75) is 65.3 Å². The highest BCUT2D eigenvalue weighted by atomic mass is 16.1. The van der Waals surface area contributed by atoms with Crippen molar-refractivity contribution < 1.29 is 4.79 Å². The van der Waals surface area contributed by atoms with E-state index in [1.807, 2.05) is 6.92 Å². The molecule has 0 aromatic heterocycles. The van der Waals surface area contributed by atoms with Gasteiger partial charge in [-0.05, 0) is 19.3 Å². The zero-order valence-electron chi connectivity index (χ0n) is 11.3. The largest absolute Gasteiger partial charge is 0.349 e. The number of nitrogens with one attached hydrogen (secondary N) is 1. The summed E-state index contributed by atoms with van der Waals surface area (Å²) in [6, 6.07) is 0. The first kappa shape index (κ1) is 15.4. The van der Waals surface area contributed by atoms with E-state index in [9.17, 15) is 4.79 Å². The molecule has 0 spiro atoms. The number of hydrogen-bond acceptors (Lipinski definition) is 2. The van der Waals surface area contributed by atoms with Crippen LogP contribution in [0.3, 0.4) is 0 Å². The Bertz CT molecular complexity index is 204. The SMILES string of the molecule is CCCCCCC(=O)NC(C)(CN)C(C)C. The van der Waals surface area contributed by atoms with Crippen molar-refractivity contribution in [2.24, 2.45) is 11.7 Å². The molecule has 0 saturated heterocycles. The van der Waals surface area contributed by atoms with Crippen LogP contribution in [0.25, 0.3) is 0 Å². The standard InChI is InChI=1S/C13H28N2O/c1-5-6-7-8-9-12(16)15-13(4,10-14)11(2)3/h11H,5-10,14H2,1-4H3,(H,15,16). The van der Waals surface area contributed by atoms with Gasteiger partial charge < -0.3 is 11.1 Å². The summed E-state index contributed by atoms with van der Waals surface area (Å²) in [4.78, 5) is 11.7. The number of carbonyl (C=O) groups is 1. The van der Waals surface area contributed by atoms with Gasteiger partial charge in [-0.1, -0.05) is 40.0 Å². The molecule has 0 aromatic rings. The smallest absolute Gasteiger partial charge is 0.220 e. The molecule has 3 nitrogen and oxygen atoms in total. The van der Waals surface area contributed by atoms with Crippen LogP contribution in [-0.2, 0) is 4.79 Å². The van der Waals surface area contributed by atoms with Gasteiger partial charge in [0.15, 0.2) is 0 Å². The number of carbonyl (C=O) groups excluding carboxylic acids is 1. The number of nitrogens with two attached hydrogens (primary N) is 1. The Morgan fingerprint density at radius 2 is 1.94 bits per heavy atom. The Balaban J connectivity index is 3.93. The van der Waals surface area contributed by atoms with E-state index in [1.54, 1.807) is 0 Å². The second kappa shape index (κ2) is 7.66. The zero-order valence-corrected chi connectivity index (χ0v) is 11.3. The molecule has 0 fully saturated rings. The lowest BCUT2D eigenvalue weighted by atomic mass is 9.88. The minimum absolute atomic E-state index is 0.137. The zero-order chi connectivity index (χ0) is 12.6. The minimum Gasteiger partial charge on any atom is -0.349 e. The van der Waals surface area contributed by atoms with Crippen LogP contribution in [0.4, 0.5) is 0 Å². The van der Waals surface area contributed by atoms with Gasteiger partial charge in [0, 0.05) is 13.0 Å². The third-order valence-electron chi connectivity index (χ3n) is 3.38. The fraction of sp³-hybridized carbons (Fsp3) is 0.923. The Morgan fingerprint density at radius 1 is 1.31 bits per heavy atom. The summed E-state index contributed by atoms with van der Waals surface area (Å²) in [5.74, 6) is 0.495. The predicted octanol–water partition coefficient (Wildman–Crippen LogP) is 2.45. The first-order valence-corrected chi connectivity index (χ1v) is 6.47. The van der Waals surface area contributed by atoms with Crippen LogP contribution in [-0.4, -0.2) is 18.0 Å². The quantitative estimate of drug-likeness (QED) is 0.627. The topological polar surface area (TPSA) is 55.1 Å². The van der Waals surface area contributed by atoms with Crippen LogP contribution in [0, 0.1) is 5.92 Å². The van der Waals surface area contributed by atoms with Crippen LogP contribution in [0.5, 0.6) is 0 Å². The van der Waals surface area contributed by atoms with Crippen LogP contribution in [0.2, 0.25) is 0 Å². The highest BCUT2D eigenvalue weighted by Crippen LogP contribution is 2.15. The molecule has 0 rings (SSSR count). The number of hydrogen-bond donors (Lipinski definition) is 2. The lowest BCUT2D eigenvalue weighted by molar-refractivity contribution is -0.123. The summed E-state index contributed by atoms with van der Waals surface area (Å²) < 4.78 is 0. The van der Waals surface area contributed by atoms with Crippen LogP contribution >= 0.6 is 0 Å². The maximum atomic E-state index is 11.7. The Kier molecular flexibility index (Phi) is 7.39.